The van der Waals surface area contributed by atoms with Crippen LogP contribution in [0.3, 0.4) is 0 Å². The van der Waals surface area contributed by atoms with E-state index in [2.05, 4.69) is 4.98 Å². The van der Waals surface area contributed by atoms with Crippen LogP contribution < -0.4 is 4.74 Å². The van der Waals surface area contributed by atoms with Crippen LogP contribution in [-0.2, 0) is 6.61 Å². The molecule has 0 saturated heterocycles. The van der Waals surface area contributed by atoms with Gasteiger partial charge in [0.25, 0.3) is 0 Å². The van der Waals surface area contributed by atoms with Crippen LogP contribution in [0.4, 0.5) is 0 Å². The highest BCUT2D eigenvalue weighted by Gasteiger charge is 2.12. The normalized spacial score (nSPS) is 11.6. The van der Waals surface area contributed by atoms with Gasteiger partial charge in [0.1, 0.15) is 23.8 Å². The van der Waals surface area contributed by atoms with Gasteiger partial charge in [-0.2, -0.15) is 0 Å². The second-order valence-corrected chi connectivity index (χ2v) is 6.05. The number of hydrogen-bond acceptors (Lipinski definition) is 3. The molecule has 0 amide bonds. The second-order valence-electron chi connectivity index (χ2n) is 5.75. The van der Waals surface area contributed by atoms with E-state index in [4.69, 9.17) is 20.8 Å². The molecule has 0 aliphatic carbocycles. The number of hydrogen-bond donors (Lipinski definition) is 0. The summed E-state index contributed by atoms with van der Waals surface area (Å²) in [6.07, 6.45) is 1.98. The van der Waals surface area contributed by atoms with Crippen molar-refractivity contribution < 1.29 is 9.15 Å². The van der Waals surface area contributed by atoms with Gasteiger partial charge in [0, 0.05) is 11.4 Å². The van der Waals surface area contributed by atoms with Crippen LogP contribution >= 0.6 is 11.6 Å². The lowest BCUT2D eigenvalue weighted by atomic mass is 10.1. The molecule has 0 radical (unpaired) electrons. The van der Waals surface area contributed by atoms with Gasteiger partial charge in [0.15, 0.2) is 0 Å². The highest BCUT2D eigenvalue weighted by molar-refractivity contribution is 6.19. The van der Waals surface area contributed by atoms with Crippen LogP contribution in [0.5, 0.6) is 5.75 Å². The smallest absolute Gasteiger partial charge is 0.226 e. The van der Waals surface area contributed by atoms with Crippen molar-refractivity contribution in [3.8, 4) is 17.2 Å². The molecule has 3 rings (SSSR count). The molecule has 1 aromatic heterocycles. The number of rotatable bonds is 6. The molecule has 0 N–H and O–H groups in total. The maximum absolute atomic E-state index is 5.91. The van der Waals surface area contributed by atoms with E-state index in [9.17, 15) is 0 Å². The van der Waals surface area contributed by atoms with Gasteiger partial charge in [-0.1, -0.05) is 36.4 Å². The zero-order valence-corrected chi connectivity index (χ0v) is 15.1. The maximum atomic E-state index is 5.91. The van der Waals surface area contributed by atoms with E-state index in [-0.39, 0.29) is 0 Å². The summed E-state index contributed by atoms with van der Waals surface area (Å²) in [5.74, 6) is 2.68. The highest BCUT2D eigenvalue weighted by atomic mass is 35.5. The average molecular weight is 354 g/mol. The molecule has 0 spiro atoms. The molecule has 25 heavy (non-hydrogen) atoms. The molecular weight excluding hydrogens is 334 g/mol. The van der Waals surface area contributed by atoms with Crippen LogP contribution in [0.1, 0.15) is 23.9 Å². The van der Waals surface area contributed by atoms with Crippen LogP contribution in [0.15, 0.2) is 65.1 Å². The number of halogens is 1. The molecule has 0 unspecified atom stereocenters. The van der Waals surface area contributed by atoms with Gasteiger partial charge in [-0.25, -0.2) is 4.98 Å². The van der Waals surface area contributed by atoms with Crippen molar-refractivity contribution in [1.29, 1.82) is 0 Å². The Labute approximate surface area is 152 Å². The predicted octanol–water partition coefficient (Wildman–Crippen LogP) is 5.87. The minimum Gasteiger partial charge on any atom is -0.487 e. The van der Waals surface area contributed by atoms with E-state index < -0.39 is 0 Å². The van der Waals surface area contributed by atoms with Gasteiger partial charge in [-0.15, -0.1) is 11.6 Å². The van der Waals surface area contributed by atoms with E-state index in [0.29, 0.717) is 18.4 Å². The molecule has 2 aromatic carbocycles. The largest absolute Gasteiger partial charge is 0.487 e. The SMILES string of the molecule is C/C(=C/CCl)c1cccc(OCc2nc(-c3ccccc3)oc2C)c1. The lowest BCUT2D eigenvalue weighted by molar-refractivity contribution is 0.299. The van der Waals surface area contributed by atoms with E-state index >= 15 is 0 Å². The standard InChI is InChI=1S/C21H20ClNO2/c1-15(11-12-22)18-9-6-10-19(13-18)24-14-20-16(2)25-21(23-20)17-7-4-3-5-8-17/h3-11,13H,12,14H2,1-2H3/b15-11-. The van der Waals surface area contributed by atoms with Crippen molar-refractivity contribution in [1.82, 2.24) is 4.98 Å². The molecular formula is C21H20ClNO2. The molecule has 0 atom stereocenters. The highest BCUT2D eigenvalue weighted by Crippen LogP contribution is 2.24. The Morgan fingerprint density at radius 3 is 2.72 bits per heavy atom. The first-order valence-electron chi connectivity index (χ1n) is 8.15. The summed E-state index contributed by atoms with van der Waals surface area (Å²) in [7, 11) is 0. The first-order valence-corrected chi connectivity index (χ1v) is 8.68. The quantitative estimate of drug-likeness (QED) is 0.520. The Hall–Kier alpha value is -2.52. The molecule has 4 heteroatoms. The van der Waals surface area contributed by atoms with Crippen molar-refractivity contribution in [3.05, 3.63) is 77.7 Å². The average Bonchev–Trinajstić information content (AvgIpc) is 3.02. The maximum Gasteiger partial charge on any atom is 0.226 e. The van der Waals surface area contributed by atoms with Crippen molar-refractivity contribution in [2.24, 2.45) is 0 Å². The summed E-state index contributed by atoms with van der Waals surface area (Å²) in [5.41, 5.74) is 3.99. The number of nitrogens with zero attached hydrogens (tertiary/aromatic N) is 1. The first kappa shape index (κ1) is 17.3. The lowest BCUT2D eigenvalue weighted by Gasteiger charge is -2.07. The fraction of sp³-hybridized carbons (Fsp3) is 0.190. The molecule has 0 aliphatic rings. The summed E-state index contributed by atoms with van der Waals surface area (Å²) < 4.78 is 11.7. The van der Waals surface area contributed by atoms with Gasteiger partial charge >= 0.3 is 0 Å². The number of allylic oxidation sites excluding steroid dienone is 2. The number of ether oxygens (including phenoxy) is 1. The molecule has 0 bridgehead atoms. The Morgan fingerprint density at radius 2 is 1.96 bits per heavy atom. The minimum atomic E-state index is 0.365. The number of aryl methyl sites for hydroxylation is 1. The molecule has 0 fully saturated rings. The Morgan fingerprint density at radius 1 is 1.16 bits per heavy atom. The van der Waals surface area contributed by atoms with Crippen molar-refractivity contribution in [2.45, 2.75) is 20.5 Å². The third-order valence-electron chi connectivity index (χ3n) is 3.96. The Kier molecular flexibility index (Phi) is 5.56. The number of oxazole rings is 1. The van der Waals surface area contributed by atoms with Gasteiger partial charge in [-0.3, -0.25) is 0 Å². The van der Waals surface area contributed by atoms with Gasteiger partial charge in [0.05, 0.1) is 0 Å². The molecule has 1 heterocycles. The minimum absolute atomic E-state index is 0.365. The lowest BCUT2D eigenvalue weighted by Crippen LogP contribution is -1.98. The van der Waals surface area contributed by atoms with E-state index in [1.54, 1.807) is 0 Å². The van der Waals surface area contributed by atoms with E-state index in [0.717, 1.165) is 33.9 Å². The van der Waals surface area contributed by atoms with Crippen molar-refractivity contribution >= 4 is 17.2 Å². The monoisotopic (exact) mass is 353 g/mol. The van der Waals surface area contributed by atoms with Crippen molar-refractivity contribution in [2.75, 3.05) is 5.88 Å². The fourth-order valence-electron chi connectivity index (χ4n) is 2.48. The molecule has 3 aromatic rings. The molecule has 0 aliphatic heterocycles. The fourth-order valence-corrected chi connectivity index (χ4v) is 2.71. The summed E-state index contributed by atoms with van der Waals surface area (Å²) in [6.45, 7) is 4.31. The predicted molar refractivity (Wildman–Crippen MR) is 102 cm³/mol. The zero-order chi connectivity index (χ0) is 17.6. The third-order valence-corrected chi connectivity index (χ3v) is 4.12. The van der Waals surface area contributed by atoms with Gasteiger partial charge < -0.3 is 9.15 Å². The Bertz CT molecular complexity index is 869. The molecule has 128 valence electrons. The third kappa shape index (κ3) is 4.31. The summed E-state index contributed by atoms with van der Waals surface area (Å²) >= 11 is 5.77. The first-order chi connectivity index (χ1) is 12.2. The zero-order valence-electron chi connectivity index (χ0n) is 14.3. The van der Waals surface area contributed by atoms with E-state index in [1.807, 2.05) is 74.5 Å². The molecule has 3 nitrogen and oxygen atoms in total. The van der Waals surface area contributed by atoms with Gasteiger partial charge in [-0.05, 0) is 49.2 Å². The van der Waals surface area contributed by atoms with Crippen LogP contribution in [0.25, 0.3) is 17.0 Å². The number of alkyl halides is 1. The summed E-state index contributed by atoms with van der Waals surface area (Å²) in [6, 6.07) is 17.8. The number of aromatic nitrogens is 1. The molecule has 0 saturated carbocycles. The van der Waals surface area contributed by atoms with Crippen LogP contribution in [0.2, 0.25) is 0 Å². The topological polar surface area (TPSA) is 35.3 Å². The van der Waals surface area contributed by atoms with Crippen LogP contribution in [-0.4, -0.2) is 10.9 Å². The number of benzene rings is 2. The summed E-state index contributed by atoms with van der Waals surface area (Å²) in [5, 5.41) is 0. The van der Waals surface area contributed by atoms with Crippen molar-refractivity contribution in [3.63, 3.8) is 0 Å². The second kappa shape index (κ2) is 8.04. The van der Waals surface area contributed by atoms with Gasteiger partial charge in [0.2, 0.25) is 5.89 Å². The van der Waals surface area contributed by atoms with E-state index in [1.165, 1.54) is 0 Å². The Balaban J connectivity index is 1.73. The summed E-state index contributed by atoms with van der Waals surface area (Å²) in [4.78, 5) is 4.56. The van der Waals surface area contributed by atoms with Crippen LogP contribution in [0, 0.1) is 6.92 Å².